The quantitative estimate of drug-likeness (QED) is 0.901. The summed E-state index contributed by atoms with van der Waals surface area (Å²) in [5.74, 6) is -0.193. The molecule has 0 spiro atoms. The summed E-state index contributed by atoms with van der Waals surface area (Å²) < 4.78 is 26.6. The van der Waals surface area contributed by atoms with Crippen LogP contribution in [0.1, 0.15) is 33.1 Å². The first-order chi connectivity index (χ1) is 9.96. The Kier molecular flexibility index (Phi) is 5.00. The lowest BCUT2D eigenvalue weighted by molar-refractivity contribution is -0.124. The summed E-state index contributed by atoms with van der Waals surface area (Å²) in [5, 5.41) is 2.88. The van der Waals surface area contributed by atoms with Crippen molar-refractivity contribution in [2.24, 2.45) is 0 Å². The number of benzene rings is 1. The molecule has 0 aliphatic carbocycles. The molecule has 1 fully saturated rings. The summed E-state index contributed by atoms with van der Waals surface area (Å²) in [6.45, 7) is 4.30. The number of hydrogen-bond donors (Lipinski definition) is 1. The van der Waals surface area contributed by atoms with Crippen molar-refractivity contribution >= 4 is 15.9 Å². The molecule has 1 aromatic rings. The van der Waals surface area contributed by atoms with Gasteiger partial charge >= 0.3 is 0 Å². The summed E-state index contributed by atoms with van der Waals surface area (Å²) in [6, 6.07) is 7.75. The van der Waals surface area contributed by atoms with Crippen molar-refractivity contribution in [2.75, 3.05) is 6.54 Å². The van der Waals surface area contributed by atoms with Gasteiger partial charge in [0.15, 0.2) is 0 Å². The second-order valence-electron chi connectivity index (χ2n) is 5.40. The molecule has 1 heterocycles. The van der Waals surface area contributed by atoms with E-state index in [1.807, 2.05) is 13.8 Å². The highest BCUT2D eigenvalue weighted by Crippen LogP contribution is 2.26. The molecule has 21 heavy (non-hydrogen) atoms. The molecule has 5 nitrogen and oxygen atoms in total. The average molecular weight is 310 g/mol. The minimum atomic E-state index is -3.60. The van der Waals surface area contributed by atoms with Gasteiger partial charge in [0.05, 0.1) is 4.90 Å². The molecule has 1 aliphatic rings. The van der Waals surface area contributed by atoms with E-state index in [-0.39, 0.29) is 16.8 Å². The van der Waals surface area contributed by atoms with Crippen LogP contribution in [0, 0.1) is 0 Å². The highest BCUT2D eigenvalue weighted by molar-refractivity contribution is 7.89. The summed E-state index contributed by atoms with van der Waals surface area (Å²) in [7, 11) is -3.60. The molecule has 6 heteroatoms. The molecule has 1 N–H and O–H groups in total. The molecular formula is C15H22N2O3S. The molecule has 1 amide bonds. The minimum Gasteiger partial charge on any atom is -0.352 e. The van der Waals surface area contributed by atoms with Crippen LogP contribution in [0.25, 0.3) is 0 Å². The van der Waals surface area contributed by atoms with Gasteiger partial charge in [0.25, 0.3) is 0 Å². The third kappa shape index (κ3) is 3.44. The van der Waals surface area contributed by atoms with Crippen molar-refractivity contribution in [3.05, 3.63) is 30.3 Å². The molecule has 2 rings (SSSR count). The van der Waals surface area contributed by atoms with Crippen LogP contribution < -0.4 is 5.32 Å². The number of sulfonamides is 1. The highest BCUT2D eigenvalue weighted by atomic mass is 32.2. The van der Waals surface area contributed by atoms with Gasteiger partial charge in [0, 0.05) is 12.6 Å². The SMILES string of the molecule is CCC(C)NC(=O)C1CCCN1S(=O)(=O)c1ccccc1. The monoisotopic (exact) mass is 310 g/mol. The molecular weight excluding hydrogens is 288 g/mol. The molecule has 2 unspecified atom stereocenters. The second-order valence-corrected chi connectivity index (χ2v) is 7.30. The van der Waals surface area contributed by atoms with Gasteiger partial charge in [-0.1, -0.05) is 25.1 Å². The molecule has 0 bridgehead atoms. The number of carbonyl (C=O) groups is 1. The van der Waals surface area contributed by atoms with Gasteiger partial charge in [-0.25, -0.2) is 8.42 Å². The van der Waals surface area contributed by atoms with Gasteiger partial charge in [-0.3, -0.25) is 4.79 Å². The Labute approximate surface area is 126 Å². The van der Waals surface area contributed by atoms with E-state index in [4.69, 9.17) is 0 Å². The first-order valence-corrected chi connectivity index (χ1v) is 8.78. The maximum Gasteiger partial charge on any atom is 0.243 e. The average Bonchev–Trinajstić information content (AvgIpc) is 2.98. The minimum absolute atomic E-state index is 0.0550. The Morgan fingerprint density at radius 2 is 2.05 bits per heavy atom. The van der Waals surface area contributed by atoms with E-state index >= 15 is 0 Å². The van der Waals surface area contributed by atoms with Crippen molar-refractivity contribution in [3.8, 4) is 0 Å². The lowest BCUT2D eigenvalue weighted by Crippen LogP contribution is -2.48. The second kappa shape index (κ2) is 6.58. The number of hydrogen-bond acceptors (Lipinski definition) is 3. The Bertz CT molecular complexity index is 586. The topological polar surface area (TPSA) is 66.5 Å². The van der Waals surface area contributed by atoms with Gasteiger partial charge in [-0.05, 0) is 38.3 Å². The first-order valence-electron chi connectivity index (χ1n) is 7.34. The zero-order valence-electron chi connectivity index (χ0n) is 12.5. The van der Waals surface area contributed by atoms with Crippen LogP contribution in [-0.4, -0.2) is 37.3 Å². The van der Waals surface area contributed by atoms with E-state index in [1.54, 1.807) is 30.3 Å². The fourth-order valence-electron chi connectivity index (χ4n) is 2.46. The van der Waals surface area contributed by atoms with Gasteiger partial charge in [-0.2, -0.15) is 4.31 Å². The van der Waals surface area contributed by atoms with E-state index in [9.17, 15) is 13.2 Å². The van der Waals surface area contributed by atoms with Crippen LogP contribution in [0.5, 0.6) is 0 Å². The predicted molar refractivity (Wildman–Crippen MR) is 81.3 cm³/mol. The molecule has 1 saturated heterocycles. The Morgan fingerprint density at radius 1 is 1.38 bits per heavy atom. The lowest BCUT2D eigenvalue weighted by atomic mass is 10.2. The van der Waals surface area contributed by atoms with E-state index in [2.05, 4.69) is 5.32 Å². The van der Waals surface area contributed by atoms with Crippen LogP contribution in [0.15, 0.2) is 35.2 Å². The summed E-state index contributed by atoms with van der Waals surface area (Å²) in [6.07, 6.45) is 2.11. The number of carbonyl (C=O) groups excluding carboxylic acids is 1. The molecule has 1 aromatic carbocycles. The van der Waals surface area contributed by atoms with Crippen LogP contribution in [0.3, 0.4) is 0 Å². The largest absolute Gasteiger partial charge is 0.352 e. The number of rotatable bonds is 5. The molecule has 0 aromatic heterocycles. The fourth-order valence-corrected chi connectivity index (χ4v) is 4.14. The van der Waals surface area contributed by atoms with E-state index in [0.29, 0.717) is 19.4 Å². The number of nitrogens with zero attached hydrogens (tertiary/aromatic N) is 1. The van der Waals surface area contributed by atoms with Crippen LogP contribution >= 0.6 is 0 Å². The summed E-state index contributed by atoms with van der Waals surface area (Å²) in [5.41, 5.74) is 0. The predicted octanol–water partition coefficient (Wildman–Crippen LogP) is 1.75. The Morgan fingerprint density at radius 3 is 2.67 bits per heavy atom. The van der Waals surface area contributed by atoms with E-state index in [0.717, 1.165) is 6.42 Å². The maximum atomic E-state index is 12.7. The smallest absolute Gasteiger partial charge is 0.243 e. The molecule has 2 atom stereocenters. The van der Waals surface area contributed by atoms with Crippen molar-refractivity contribution in [1.82, 2.24) is 9.62 Å². The van der Waals surface area contributed by atoms with Crippen molar-refractivity contribution in [3.63, 3.8) is 0 Å². The third-order valence-corrected chi connectivity index (χ3v) is 5.78. The zero-order valence-corrected chi connectivity index (χ0v) is 13.3. The fraction of sp³-hybridized carbons (Fsp3) is 0.533. The van der Waals surface area contributed by atoms with Gasteiger partial charge in [-0.15, -0.1) is 0 Å². The van der Waals surface area contributed by atoms with Gasteiger partial charge in [0.2, 0.25) is 15.9 Å². The van der Waals surface area contributed by atoms with E-state index < -0.39 is 16.1 Å². The van der Waals surface area contributed by atoms with Crippen molar-refractivity contribution in [2.45, 2.75) is 50.1 Å². The zero-order chi connectivity index (χ0) is 15.5. The lowest BCUT2D eigenvalue weighted by Gasteiger charge is -2.24. The standard InChI is InChI=1S/C15H22N2O3S/c1-3-12(2)16-15(18)14-10-7-11-17(14)21(19,20)13-8-5-4-6-9-13/h4-6,8-9,12,14H,3,7,10-11H2,1-2H3,(H,16,18). The van der Waals surface area contributed by atoms with Crippen molar-refractivity contribution in [1.29, 1.82) is 0 Å². The highest BCUT2D eigenvalue weighted by Gasteiger charge is 2.39. The molecule has 0 radical (unpaired) electrons. The molecule has 1 aliphatic heterocycles. The molecule has 116 valence electrons. The van der Waals surface area contributed by atoms with Crippen LogP contribution in [-0.2, 0) is 14.8 Å². The Hall–Kier alpha value is -1.40. The third-order valence-electron chi connectivity index (χ3n) is 3.86. The Balaban J connectivity index is 2.21. The summed E-state index contributed by atoms with van der Waals surface area (Å²) in [4.78, 5) is 12.5. The van der Waals surface area contributed by atoms with Crippen molar-refractivity contribution < 1.29 is 13.2 Å². The summed E-state index contributed by atoms with van der Waals surface area (Å²) >= 11 is 0. The van der Waals surface area contributed by atoms with Crippen LogP contribution in [0.4, 0.5) is 0 Å². The van der Waals surface area contributed by atoms with Crippen LogP contribution in [0.2, 0.25) is 0 Å². The molecule has 0 saturated carbocycles. The van der Waals surface area contributed by atoms with Gasteiger partial charge in [0.1, 0.15) is 6.04 Å². The number of nitrogens with one attached hydrogen (secondary N) is 1. The normalized spacial score (nSPS) is 21.1. The van der Waals surface area contributed by atoms with E-state index in [1.165, 1.54) is 4.31 Å². The first kappa shape index (κ1) is 16.0. The number of amides is 1. The van der Waals surface area contributed by atoms with Gasteiger partial charge < -0.3 is 5.32 Å². The maximum absolute atomic E-state index is 12.7.